The van der Waals surface area contributed by atoms with E-state index in [-0.39, 0.29) is 24.3 Å². The molecule has 16 heavy (non-hydrogen) atoms. The van der Waals surface area contributed by atoms with Gasteiger partial charge in [0.2, 0.25) is 0 Å². The van der Waals surface area contributed by atoms with Gasteiger partial charge in [-0.3, -0.25) is 0 Å². The first-order valence-electron chi connectivity index (χ1n) is 5.74. The first-order valence-corrected chi connectivity index (χ1v) is 5.74. The Hall–Kier alpha value is -0.810. The fraction of sp³-hybridized carbons (Fsp3) is 0.909. The van der Waals surface area contributed by atoms with Gasteiger partial charge in [0.1, 0.15) is 0 Å². The molecule has 5 heteroatoms. The molecule has 94 valence electrons. The number of nitrogens with zero attached hydrogens (tertiary/aromatic N) is 1. The van der Waals surface area contributed by atoms with Crippen LogP contribution in [0.15, 0.2) is 0 Å². The Balaban J connectivity index is 2.34. The van der Waals surface area contributed by atoms with Crippen molar-refractivity contribution in [2.24, 2.45) is 0 Å². The molecule has 0 aromatic heterocycles. The highest BCUT2D eigenvalue weighted by Gasteiger charge is 2.30. The summed E-state index contributed by atoms with van der Waals surface area (Å²) in [5, 5.41) is 11.8. The molecule has 2 N–H and O–H groups in total. The topological polar surface area (TPSA) is 61.8 Å². The molecule has 0 saturated carbocycles. The summed E-state index contributed by atoms with van der Waals surface area (Å²) in [7, 11) is 1.67. The number of likely N-dealkylation sites (N-methyl/N-ethyl adjacent to an activating group) is 1. The van der Waals surface area contributed by atoms with Gasteiger partial charge in [0.05, 0.1) is 18.2 Å². The van der Waals surface area contributed by atoms with Crippen molar-refractivity contribution in [1.29, 1.82) is 0 Å². The normalized spacial score (nSPS) is 26.5. The molecule has 0 radical (unpaired) electrons. The standard InChI is InChI=1S/C11H22N2O3/c1-9(7-14)13(3)10(15)12-8-11(2)5-4-6-16-11/h9,14H,4-8H2,1-3H3,(H,12,15). The SMILES string of the molecule is CC(CO)N(C)C(=O)NCC1(C)CCCO1. The monoisotopic (exact) mass is 230 g/mol. The third-order valence-corrected chi connectivity index (χ3v) is 3.16. The molecule has 0 spiro atoms. The van der Waals surface area contributed by atoms with Crippen LogP contribution in [0.2, 0.25) is 0 Å². The number of rotatable bonds is 4. The van der Waals surface area contributed by atoms with E-state index in [1.54, 1.807) is 14.0 Å². The van der Waals surface area contributed by atoms with Crippen LogP contribution in [0.4, 0.5) is 4.79 Å². The van der Waals surface area contributed by atoms with Crippen molar-refractivity contribution in [2.75, 3.05) is 26.8 Å². The van der Waals surface area contributed by atoms with Gasteiger partial charge in [-0.2, -0.15) is 0 Å². The average molecular weight is 230 g/mol. The third kappa shape index (κ3) is 3.35. The third-order valence-electron chi connectivity index (χ3n) is 3.16. The fourth-order valence-electron chi connectivity index (χ4n) is 1.69. The number of carbonyl (C=O) groups excluding carboxylic acids is 1. The van der Waals surface area contributed by atoms with Gasteiger partial charge in [0, 0.05) is 20.2 Å². The summed E-state index contributed by atoms with van der Waals surface area (Å²) in [6, 6.07) is -0.337. The molecule has 1 saturated heterocycles. The summed E-state index contributed by atoms with van der Waals surface area (Å²) in [5.74, 6) is 0. The summed E-state index contributed by atoms with van der Waals surface area (Å²) in [4.78, 5) is 13.2. The molecule has 5 nitrogen and oxygen atoms in total. The summed E-state index contributed by atoms with van der Waals surface area (Å²) in [6.07, 6.45) is 2.03. The van der Waals surface area contributed by atoms with E-state index < -0.39 is 0 Å². The predicted molar refractivity (Wildman–Crippen MR) is 61.3 cm³/mol. The maximum atomic E-state index is 11.7. The van der Waals surface area contributed by atoms with Crippen molar-refractivity contribution in [1.82, 2.24) is 10.2 Å². The summed E-state index contributed by atoms with van der Waals surface area (Å²) in [6.45, 7) is 5.07. The van der Waals surface area contributed by atoms with E-state index in [2.05, 4.69) is 5.32 Å². The number of aliphatic hydroxyl groups excluding tert-OH is 1. The maximum Gasteiger partial charge on any atom is 0.317 e. The van der Waals surface area contributed by atoms with Gasteiger partial charge in [0.25, 0.3) is 0 Å². The van der Waals surface area contributed by atoms with Gasteiger partial charge in [0.15, 0.2) is 0 Å². The quantitative estimate of drug-likeness (QED) is 0.742. The van der Waals surface area contributed by atoms with Crippen LogP contribution < -0.4 is 5.32 Å². The van der Waals surface area contributed by atoms with Gasteiger partial charge in [-0.25, -0.2) is 4.79 Å². The molecule has 0 aromatic rings. The number of urea groups is 1. The molecule has 1 heterocycles. The maximum absolute atomic E-state index is 11.7. The Labute approximate surface area is 96.8 Å². The molecule has 1 rings (SSSR count). The Morgan fingerprint density at radius 2 is 2.38 bits per heavy atom. The van der Waals surface area contributed by atoms with Gasteiger partial charge in [-0.1, -0.05) is 0 Å². The average Bonchev–Trinajstić information content (AvgIpc) is 2.71. The van der Waals surface area contributed by atoms with Crippen molar-refractivity contribution in [2.45, 2.75) is 38.3 Å². The Morgan fingerprint density at radius 3 is 2.88 bits per heavy atom. The van der Waals surface area contributed by atoms with E-state index in [1.165, 1.54) is 4.90 Å². The first-order chi connectivity index (χ1) is 7.48. The fourth-order valence-corrected chi connectivity index (χ4v) is 1.69. The number of amides is 2. The van der Waals surface area contributed by atoms with E-state index in [0.29, 0.717) is 6.54 Å². The second-order valence-electron chi connectivity index (χ2n) is 4.70. The van der Waals surface area contributed by atoms with E-state index >= 15 is 0 Å². The zero-order chi connectivity index (χ0) is 12.2. The first kappa shape index (κ1) is 13.3. The summed E-state index contributed by atoms with van der Waals surface area (Å²) in [5.41, 5.74) is -0.223. The van der Waals surface area contributed by atoms with Crippen molar-refractivity contribution in [3.63, 3.8) is 0 Å². The van der Waals surface area contributed by atoms with E-state index in [1.807, 2.05) is 6.92 Å². The molecule has 1 aliphatic rings. The lowest BCUT2D eigenvalue weighted by Gasteiger charge is -2.27. The molecular formula is C11H22N2O3. The largest absolute Gasteiger partial charge is 0.394 e. The molecule has 2 atom stereocenters. The van der Waals surface area contributed by atoms with Gasteiger partial charge in [-0.05, 0) is 26.7 Å². The van der Waals surface area contributed by atoms with Crippen LogP contribution in [-0.2, 0) is 4.74 Å². The van der Waals surface area contributed by atoms with Crippen LogP contribution in [-0.4, -0.2) is 54.5 Å². The second kappa shape index (κ2) is 5.50. The number of ether oxygens (including phenoxy) is 1. The van der Waals surface area contributed by atoms with Crippen LogP contribution in [0.5, 0.6) is 0 Å². The summed E-state index contributed by atoms with van der Waals surface area (Å²) >= 11 is 0. The molecular weight excluding hydrogens is 208 g/mol. The molecule has 1 fully saturated rings. The van der Waals surface area contributed by atoms with Gasteiger partial charge >= 0.3 is 6.03 Å². The van der Waals surface area contributed by atoms with Crippen LogP contribution in [0.3, 0.4) is 0 Å². The number of aliphatic hydroxyl groups is 1. The van der Waals surface area contributed by atoms with Gasteiger partial charge in [-0.15, -0.1) is 0 Å². The van der Waals surface area contributed by atoms with Crippen molar-refractivity contribution in [3.05, 3.63) is 0 Å². The van der Waals surface area contributed by atoms with E-state index in [0.717, 1.165) is 19.4 Å². The Morgan fingerprint density at radius 1 is 1.69 bits per heavy atom. The Bertz CT molecular complexity index is 239. The van der Waals surface area contributed by atoms with Crippen molar-refractivity contribution >= 4 is 6.03 Å². The van der Waals surface area contributed by atoms with E-state index in [4.69, 9.17) is 9.84 Å². The zero-order valence-electron chi connectivity index (χ0n) is 10.3. The van der Waals surface area contributed by atoms with Crippen LogP contribution in [0.1, 0.15) is 26.7 Å². The highest BCUT2D eigenvalue weighted by atomic mass is 16.5. The number of hydrogen-bond donors (Lipinski definition) is 2. The number of nitrogens with one attached hydrogen (secondary N) is 1. The van der Waals surface area contributed by atoms with Crippen LogP contribution >= 0.6 is 0 Å². The van der Waals surface area contributed by atoms with Gasteiger partial charge < -0.3 is 20.1 Å². The highest BCUT2D eigenvalue weighted by molar-refractivity contribution is 5.74. The predicted octanol–water partition coefficient (Wildman–Crippen LogP) is 0.578. The highest BCUT2D eigenvalue weighted by Crippen LogP contribution is 2.23. The molecule has 2 unspecified atom stereocenters. The number of hydrogen-bond acceptors (Lipinski definition) is 3. The minimum atomic E-state index is -0.223. The minimum absolute atomic E-state index is 0.0301. The minimum Gasteiger partial charge on any atom is -0.394 e. The lowest BCUT2D eigenvalue weighted by molar-refractivity contribution is 0.0216. The van der Waals surface area contributed by atoms with Crippen LogP contribution in [0, 0.1) is 0 Å². The Kier molecular flexibility index (Phi) is 4.56. The molecule has 2 amide bonds. The lowest BCUT2D eigenvalue weighted by Crippen LogP contribution is -2.48. The lowest BCUT2D eigenvalue weighted by atomic mass is 10.0. The molecule has 1 aliphatic heterocycles. The van der Waals surface area contributed by atoms with E-state index in [9.17, 15) is 4.79 Å². The zero-order valence-corrected chi connectivity index (χ0v) is 10.3. The second-order valence-corrected chi connectivity index (χ2v) is 4.70. The molecule has 0 aromatic carbocycles. The number of carbonyl (C=O) groups is 1. The molecule has 0 bridgehead atoms. The van der Waals surface area contributed by atoms with Crippen molar-refractivity contribution in [3.8, 4) is 0 Å². The smallest absolute Gasteiger partial charge is 0.317 e. The summed E-state index contributed by atoms with van der Waals surface area (Å²) < 4.78 is 5.57. The molecule has 0 aliphatic carbocycles. The van der Waals surface area contributed by atoms with Crippen LogP contribution in [0.25, 0.3) is 0 Å². The van der Waals surface area contributed by atoms with Crippen molar-refractivity contribution < 1.29 is 14.6 Å².